The van der Waals surface area contributed by atoms with Gasteiger partial charge in [0.25, 0.3) is 0 Å². The monoisotopic (exact) mass is 234 g/mol. The van der Waals surface area contributed by atoms with Crippen molar-refractivity contribution in [2.24, 2.45) is 5.73 Å². The molecule has 2 nitrogen and oxygen atoms in total. The van der Waals surface area contributed by atoms with Gasteiger partial charge >= 0.3 is 0 Å². The third-order valence-corrected chi connectivity index (χ3v) is 3.66. The van der Waals surface area contributed by atoms with E-state index >= 15 is 0 Å². The predicted molar refractivity (Wildman–Crippen MR) is 76.4 cm³/mol. The van der Waals surface area contributed by atoms with E-state index in [9.17, 15) is 0 Å². The molecule has 0 saturated carbocycles. The van der Waals surface area contributed by atoms with E-state index in [1.807, 2.05) is 0 Å². The average Bonchev–Trinajstić information content (AvgIpc) is 2.39. The second kappa shape index (κ2) is 6.65. The lowest BCUT2D eigenvalue weighted by Crippen LogP contribution is -2.30. The second-order valence-electron chi connectivity index (χ2n) is 4.69. The van der Waals surface area contributed by atoms with Crippen LogP contribution < -0.4 is 10.6 Å². The SMILES string of the molecule is CCC(N)c1ccc(N(C)C(CC)CC)cc1. The Morgan fingerprint density at radius 1 is 1.00 bits per heavy atom. The Hall–Kier alpha value is -1.02. The van der Waals surface area contributed by atoms with Crippen LogP contribution in [0, 0.1) is 0 Å². The smallest absolute Gasteiger partial charge is 0.0366 e. The molecule has 1 aromatic rings. The summed E-state index contributed by atoms with van der Waals surface area (Å²) in [5.41, 5.74) is 8.53. The summed E-state index contributed by atoms with van der Waals surface area (Å²) < 4.78 is 0. The van der Waals surface area contributed by atoms with E-state index in [2.05, 4.69) is 57.0 Å². The van der Waals surface area contributed by atoms with Crippen LogP contribution in [0.2, 0.25) is 0 Å². The predicted octanol–water partition coefficient (Wildman–Crippen LogP) is 3.72. The molecular formula is C15H26N2. The first-order valence-electron chi connectivity index (χ1n) is 6.72. The third-order valence-electron chi connectivity index (χ3n) is 3.66. The van der Waals surface area contributed by atoms with Gasteiger partial charge in [-0.1, -0.05) is 32.9 Å². The highest BCUT2D eigenvalue weighted by molar-refractivity contribution is 5.48. The van der Waals surface area contributed by atoms with Gasteiger partial charge in [0.2, 0.25) is 0 Å². The summed E-state index contributed by atoms with van der Waals surface area (Å²) in [4.78, 5) is 2.36. The first kappa shape index (κ1) is 14.0. The summed E-state index contributed by atoms with van der Waals surface area (Å²) >= 11 is 0. The standard InChI is InChI=1S/C15H26N2/c1-5-13(6-2)17(4)14-10-8-12(9-11-14)15(16)7-3/h8-11,13,15H,5-7,16H2,1-4H3. The molecular weight excluding hydrogens is 208 g/mol. The Kier molecular flexibility index (Phi) is 5.49. The molecule has 0 heterocycles. The molecule has 0 saturated heterocycles. The zero-order chi connectivity index (χ0) is 12.8. The number of rotatable bonds is 6. The van der Waals surface area contributed by atoms with Gasteiger partial charge in [0.1, 0.15) is 0 Å². The fraction of sp³-hybridized carbons (Fsp3) is 0.600. The molecule has 0 aliphatic heterocycles. The normalized spacial score (nSPS) is 12.8. The van der Waals surface area contributed by atoms with Crippen molar-refractivity contribution in [3.05, 3.63) is 29.8 Å². The summed E-state index contributed by atoms with van der Waals surface area (Å²) in [6.45, 7) is 6.60. The van der Waals surface area contributed by atoms with Gasteiger partial charge in [0.05, 0.1) is 0 Å². The molecule has 0 aromatic heterocycles. The molecule has 1 unspecified atom stereocenters. The first-order valence-corrected chi connectivity index (χ1v) is 6.72. The minimum absolute atomic E-state index is 0.169. The second-order valence-corrected chi connectivity index (χ2v) is 4.69. The van der Waals surface area contributed by atoms with Gasteiger partial charge in [-0.25, -0.2) is 0 Å². The lowest BCUT2D eigenvalue weighted by molar-refractivity contribution is 0.591. The molecule has 1 aromatic carbocycles. The molecule has 96 valence electrons. The number of hydrogen-bond donors (Lipinski definition) is 1. The summed E-state index contributed by atoms with van der Waals surface area (Å²) in [6, 6.07) is 9.47. The van der Waals surface area contributed by atoms with Gasteiger partial charge in [-0.05, 0) is 37.0 Å². The van der Waals surface area contributed by atoms with E-state index in [1.54, 1.807) is 0 Å². The van der Waals surface area contributed by atoms with E-state index in [-0.39, 0.29) is 6.04 Å². The van der Waals surface area contributed by atoms with Gasteiger partial charge in [0, 0.05) is 24.8 Å². The van der Waals surface area contributed by atoms with Crippen LogP contribution in [0.25, 0.3) is 0 Å². The maximum Gasteiger partial charge on any atom is 0.0366 e. The van der Waals surface area contributed by atoms with E-state index in [4.69, 9.17) is 5.73 Å². The topological polar surface area (TPSA) is 29.3 Å². The largest absolute Gasteiger partial charge is 0.372 e. The van der Waals surface area contributed by atoms with Crippen molar-refractivity contribution in [2.45, 2.75) is 52.1 Å². The van der Waals surface area contributed by atoms with Crippen LogP contribution in [0.15, 0.2) is 24.3 Å². The van der Waals surface area contributed by atoms with E-state index < -0.39 is 0 Å². The molecule has 0 fully saturated rings. The number of anilines is 1. The minimum Gasteiger partial charge on any atom is -0.372 e. The maximum absolute atomic E-state index is 6.02. The molecule has 0 bridgehead atoms. The average molecular weight is 234 g/mol. The van der Waals surface area contributed by atoms with Crippen LogP contribution in [0.4, 0.5) is 5.69 Å². The number of hydrogen-bond acceptors (Lipinski definition) is 2. The van der Waals surface area contributed by atoms with E-state index in [1.165, 1.54) is 24.1 Å². The highest BCUT2D eigenvalue weighted by Gasteiger charge is 2.11. The Labute approximate surface area is 106 Å². The van der Waals surface area contributed by atoms with Crippen LogP contribution in [0.1, 0.15) is 51.6 Å². The fourth-order valence-electron chi connectivity index (χ4n) is 2.24. The molecule has 0 spiro atoms. The molecule has 0 aliphatic carbocycles. The van der Waals surface area contributed by atoms with Gasteiger partial charge in [0.15, 0.2) is 0 Å². The van der Waals surface area contributed by atoms with Crippen molar-refractivity contribution < 1.29 is 0 Å². The third kappa shape index (κ3) is 3.47. The summed E-state index contributed by atoms with van der Waals surface area (Å²) in [6.07, 6.45) is 3.36. The summed E-state index contributed by atoms with van der Waals surface area (Å²) in [5, 5.41) is 0. The van der Waals surface area contributed by atoms with Gasteiger partial charge in [-0.15, -0.1) is 0 Å². The van der Waals surface area contributed by atoms with Gasteiger partial charge in [-0.3, -0.25) is 0 Å². The lowest BCUT2D eigenvalue weighted by Gasteiger charge is -2.28. The molecule has 1 rings (SSSR count). The Bertz CT molecular complexity index is 314. The zero-order valence-corrected chi connectivity index (χ0v) is 11.6. The molecule has 0 radical (unpaired) electrons. The van der Waals surface area contributed by atoms with Crippen molar-refractivity contribution in [2.75, 3.05) is 11.9 Å². The zero-order valence-electron chi connectivity index (χ0n) is 11.6. The van der Waals surface area contributed by atoms with Crippen LogP contribution in [-0.2, 0) is 0 Å². The Morgan fingerprint density at radius 3 is 1.94 bits per heavy atom. The molecule has 2 N–H and O–H groups in total. The minimum atomic E-state index is 0.169. The van der Waals surface area contributed by atoms with Crippen molar-refractivity contribution in [3.8, 4) is 0 Å². The van der Waals surface area contributed by atoms with Crippen LogP contribution >= 0.6 is 0 Å². The maximum atomic E-state index is 6.02. The van der Waals surface area contributed by atoms with Crippen LogP contribution in [-0.4, -0.2) is 13.1 Å². The van der Waals surface area contributed by atoms with Crippen molar-refractivity contribution in [3.63, 3.8) is 0 Å². The van der Waals surface area contributed by atoms with Crippen LogP contribution in [0.5, 0.6) is 0 Å². The molecule has 2 heteroatoms. The van der Waals surface area contributed by atoms with Crippen molar-refractivity contribution in [1.29, 1.82) is 0 Å². The molecule has 17 heavy (non-hydrogen) atoms. The van der Waals surface area contributed by atoms with E-state index in [0.29, 0.717) is 6.04 Å². The highest BCUT2D eigenvalue weighted by atomic mass is 15.1. The Balaban J connectivity index is 2.79. The van der Waals surface area contributed by atoms with Crippen LogP contribution in [0.3, 0.4) is 0 Å². The van der Waals surface area contributed by atoms with E-state index in [0.717, 1.165) is 6.42 Å². The first-order chi connectivity index (χ1) is 8.13. The highest BCUT2D eigenvalue weighted by Crippen LogP contribution is 2.22. The summed E-state index contributed by atoms with van der Waals surface area (Å²) in [5.74, 6) is 0. The Morgan fingerprint density at radius 2 is 1.53 bits per heavy atom. The van der Waals surface area contributed by atoms with Gasteiger partial charge in [-0.2, -0.15) is 0 Å². The number of benzene rings is 1. The number of nitrogens with zero attached hydrogens (tertiary/aromatic N) is 1. The quantitative estimate of drug-likeness (QED) is 0.813. The van der Waals surface area contributed by atoms with Crippen molar-refractivity contribution in [1.82, 2.24) is 0 Å². The van der Waals surface area contributed by atoms with Crippen molar-refractivity contribution >= 4 is 5.69 Å². The number of nitrogens with two attached hydrogens (primary N) is 1. The summed E-state index contributed by atoms with van der Waals surface area (Å²) in [7, 11) is 2.17. The molecule has 1 atom stereocenters. The molecule has 0 amide bonds. The molecule has 0 aliphatic rings. The van der Waals surface area contributed by atoms with Gasteiger partial charge < -0.3 is 10.6 Å². The fourth-order valence-corrected chi connectivity index (χ4v) is 2.24. The lowest BCUT2D eigenvalue weighted by atomic mass is 10.0.